The molecule has 0 radical (unpaired) electrons. The van der Waals surface area contributed by atoms with Crippen LogP contribution in [0.1, 0.15) is 50.3 Å². The minimum Gasteiger partial charge on any atom is -0.298 e. The molecule has 1 aromatic rings. The third-order valence-corrected chi connectivity index (χ3v) is 2.66. The Morgan fingerprint density at radius 2 is 1.75 bits per heavy atom. The van der Waals surface area contributed by atoms with Gasteiger partial charge in [-0.1, -0.05) is 45.0 Å². The summed E-state index contributed by atoms with van der Waals surface area (Å²) in [5, 5.41) is 12.3. The van der Waals surface area contributed by atoms with Gasteiger partial charge in [0.15, 0.2) is 0 Å². The molecule has 0 aliphatic rings. The molecule has 0 aromatic heterocycles. The summed E-state index contributed by atoms with van der Waals surface area (Å²) in [5.74, 6) is 0.540. The first-order chi connectivity index (χ1) is 7.69. The summed E-state index contributed by atoms with van der Waals surface area (Å²) in [6, 6.07) is 10.4. The molecular weight excluding hydrogens is 196 g/mol. The highest BCUT2D eigenvalue weighted by molar-refractivity contribution is 5.29. The van der Waals surface area contributed by atoms with E-state index in [1.807, 2.05) is 12.1 Å². The molecule has 2 nitrogen and oxygen atoms in total. The molecule has 1 rings (SSSR count). The van der Waals surface area contributed by atoms with E-state index in [1.165, 1.54) is 5.56 Å². The van der Waals surface area contributed by atoms with Gasteiger partial charge in [0.2, 0.25) is 0 Å². The Morgan fingerprint density at radius 1 is 1.19 bits per heavy atom. The highest BCUT2D eigenvalue weighted by Gasteiger charge is 2.09. The Labute approximate surface area is 98.3 Å². The zero-order valence-corrected chi connectivity index (χ0v) is 10.3. The van der Waals surface area contributed by atoms with E-state index in [0.29, 0.717) is 5.92 Å². The topological polar surface area (TPSA) is 35.8 Å². The summed E-state index contributed by atoms with van der Waals surface area (Å²) in [4.78, 5) is 0. The van der Waals surface area contributed by atoms with Crippen LogP contribution in [0.2, 0.25) is 0 Å². The molecule has 0 spiro atoms. The highest BCUT2D eigenvalue weighted by atomic mass is 14.9. The number of hydrogen-bond donors (Lipinski definition) is 1. The molecule has 1 N–H and O–H groups in total. The second kappa shape index (κ2) is 6.30. The van der Waals surface area contributed by atoms with Crippen LogP contribution in [0.15, 0.2) is 24.3 Å². The van der Waals surface area contributed by atoms with Crippen LogP contribution in [0.4, 0.5) is 0 Å². The number of nitriles is 1. The molecule has 1 atom stereocenters. The van der Waals surface area contributed by atoms with Gasteiger partial charge in [-0.3, -0.25) is 5.32 Å². The van der Waals surface area contributed by atoms with E-state index >= 15 is 0 Å². The van der Waals surface area contributed by atoms with Crippen LogP contribution in [0.3, 0.4) is 0 Å². The van der Waals surface area contributed by atoms with Gasteiger partial charge in [0.05, 0.1) is 6.07 Å². The minimum atomic E-state index is -0.179. The lowest BCUT2D eigenvalue weighted by Gasteiger charge is -2.12. The van der Waals surface area contributed by atoms with Gasteiger partial charge in [-0.2, -0.15) is 5.26 Å². The van der Waals surface area contributed by atoms with Gasteiger partial charge in [-0.05, 0) is 30.0 Å². The first-order valence-corrected chi connectivity index (χ1v) is 5.92. The molecule has 0 fully saturated rings. The maximum Gasteiger partial charge on any atom is 0.121 e. The van der Waals surface area contributed by atoms with E-state index in [0.717, 1.165) is 18.5 Å². The van der Waals surface area contributed by atoms with Crippen molar-refractivity contribution >= 4 is 0 Å². The van der Waals surface area contributed by atoms with Crippen molar-refractivity contribution in [1.29, 1.82) is 5.26 Å². The predicted molar refractivity (Wildman–Crippen MR) is 67.2 cm³/mol. The molecule has 0 heterocycles. The lowest BCUT2D eigenvalue weighted by atomic mass is 9.99. The monoisotopic (exact) mass is 216 g/mol. The minimum absolute atomic E-state index is 0.179. The van der Waals surface area contributed by atoms with Crippen molar-refractivity contribution in [3.8, 4) is 6.07 Å². The molecule has 86 valence electrons. The van der Waals surface area contributed by atoms with Gasteiger partial charge in [-0.15, -0.1) is 0 Å². The van der Waals surface area contributed by atoms with E-state index in [1.54, 1.807) is 0 Å². The van der Waals surface area contributed by atoms with Crippen molar-refractivity contribution in [3.63, 3.8) is 0 Å². The van der Waals surface area contributed by atoms with Crippen LogP contribution >= 0.6 is 0 Å². The van der Waals surface area contributed by atoms with E-state index in [2.05, 4.69) is 44.3 Å². The van der Waals surface area contributed by atoms with Crippen molar-refractivity contribution in [1.82, 2.24) is 5.32 Å². The number of nitrogens with one attached hydrogen (secondary N) is 1. The Kier molecular flexibility index (Phi) is 5.01. The molecule has 0 aliphatic carbocycles. The first-order valence-electron chi connectivity index (χ1n) is 5.92. The standard InChI is InChI=1S/C14H20N2/c1-4-9-16-14(10-15)13-7-5-12(6-8-13)11(2)3/h5-8,11,14,16H,4,9H2,1-3H3. The zero-order chi connectivity index (χ0) is 12.0. The molecule has 1 unspecified atom stereocenters. The normalized spacial score (nSPS) is 12.4. The van der Waals surface area contributed by atoms with Crippen LogP contribution in [0.25, 0.3) is 0 Å². The predicted octanol–water partition coefficient (Wildman–Crippen LogP) is 3.37. The van der Waals surface area contributed by atoms with Gasteiger partial charge in [0, 0.05) is 0 Å². The summed E-state index contributed by atoms with van der Waals surface area (Å²) in [5.41, 5.74) is 2.37. The van der Waals surface area contributed by atoms with E-state index in [9.17, 15) is 0 Å². The van der Waals surface area contributed by atoms with Crippen molar-refractivity contribution in [2.75, 3.05) is 6.54 Å². The van der Waals surface area contributed by atoms with Gasteiger partial charge in [0.25, 0.3) is 0 Å². The van der Waals surface area contributed by atoms with Crippen LogP contribution in [0.5, 0.6) is 0 Å². The Morgan fingerprint density at radius 3 is 2.19 bits per heavy atom. The first kappa shape index (κ1) is 12.7. The third-order valence-electron chi connectivity index (χ3n) is 2.66. The summed E-state index contributed by atoms with van der Waals surface area (Å²) in [6.07, 6.45) is 1.04. The van der Waals surface area contributed by atoms with E-state index in [4.69, 9.17) is 5.26 Å². The molecule has 0 amide bonds. The average molecular weight is 216 g/mol. The van der Waals surface area contributed by atoms with Crippen molar-refractivity contribution in [3.05, 3.63) is 35.4 Å². The van der Waals surface area contributed by atoms with Gasteiger partial charge < -0.3 is 0 Å². The summed E-state index contributed by atoms with van der Waals surface area (Å²) in [6.45, 7) is 7.33. The lowest BCUT2D eigenvalue weighted by molar-refractivity contribution is 0.621. The zero-order valence-electron chi connectivity index (χ0n) is 10.3. The quantitative estimate of drug-likeness (QED) is 0.819. The van der Waals surface area contributed by atoms with Gasteiger partial charge in [-0.25, -0.2) is 0 Å². The SMILES string of the molecule is CCCNC(C#N)c1ccc(C(C)C)cc1. The Hall–Kier alpha value is -1.33. The fraction of sp³-hybridized carbons (Fsp3) is 0.500. The lowest BCUT2D eigenvalue weighted by Crippen LogP contribution is -2.20. The van der Waals surface area contributed by atoms with Crippen LogP contribution in [-0.2, 0) is 0 Å². The van der Waals surface area contributed by atoms with Crippen LogP contribution < -0.4 is 5.32 Å². The molecule has 0 bridgehead atoms. The Bertz CT molecular complexity index is 346. The van der Waals surface area contributed by atoms with E-state index < -0.39 is 0 Å². The van der Waals surface area contributed by atoms with Crippen LogP contribution in [0, 0.1) is 11.3 Å². The number of nitrogens with zero attached hydrogens (tertiary/aromatic N) is 1. The largest absolute Gasteiger partial charge is 0.298 e. The van der Waals surface area contributed by atoms with Crippen molar-refractivity contribution < 1.29 is 0 Å². The van der Waals surface area contributed by atoms with Crippen molar-refractivity contribution in [2.45, 2.75) is 39.2 Å². The molecule has 0 aliphatic heterocycles. The molecule has 0 saturated carbocycles. The molecule has 2 heteroatoms. The molecule has 1 aromatic carbocycles. The van der Waals surface area contributed by atoms with Crippen molar-refractivity contribution in [2.24, 2.45) is 0 Å². The smallest absolute Gasteiger partial charge is 0.121 e. The second-order valence-electron chi connectivity index (χ2n) is 4.34. The summed E-state index contributed by atoms with van der Waals surface area (Å²) < 4.78 is 0. The van der Waals surface area contributed by atoms with E-state index in [-0.39, 0.29) is 6.04 Å². The second-order valence-corrected chi connectivity index (χ2v) is 4.34. The summed E-state index contributed by atoms with van der Waals surface area (Å²) >= 11 is 0. The molecule has 16 heavy (non-hydrogen) atoms. The van der Waals surface area contributed by atoms with Crippen LogP contribution in [-0.4, -0.2) is 6.54 Å². The average Bonchev–Trinajstić information content (AvgIpc) is 2.30. The maximum absolute atomic E-state index is 9.07. The molecule has 0 saturated heterocycles. The number of benzene rings is 1. The maximum atomic E-state index is 9.07. The Balaban J connectivity index is 2.75. The number of hydrogen-bond acceptors (Lipinski definition) is 2. The molecular formula is C14H20N2. The fourth-order valence-corrected chi connectivity index (χ4v) is 1.60. The number of rotatable bonds is 5. The third kappa shape index (κ3) is 3.36. The van der Waals surface area contributed by atoms with Gasteiger partial charge in [0.1, 0.15) is 6.04 Å². The van der Waals surface area contributed by atoms with Gasteiger partial charge >= 0.3 is 0 Å². The summed E-state index contributed by atoms with van der Waals surface area (Å²) in [7, 11) is 0. The highest BCUT2D eigenvalue weighted by Crippen LogP contribution is 2.18. The fourth-order valence-electron chi connectivity index (χ4n) is 1.60.